The molecule has 0 saturated heterocycles. The van der Waals surface area contributed by atoms with Crippen molar-refractivity contribution < 1.29 is 4.58 Å². The third-order valence-electron chi connectivity index (χ3n) is 7.90. The van der Waals surface area contributed by atoms with Crippen LogP contribution in [-0.4, -0.2) is 11.3 Å². The van der Waals surface area contributed by atoms with E-state index >= 15 is 0 Å². The van der Waals surface area contributed by atoms with E-state index in [0.717, 1.165) is 0 Å². The van der Waals surface area contributed by atoms with E-state index in [1.165, 1.54) is 83.2 Å². The Labute approximate surface area is 191 Å². The molecule has 32 heavy (non-hydrogen) atoms. The molecular weight excluding hydrogens is 386 g/mol. The first-order valence-corrected chi connectivity index (χ1v) is 11.4. The molecule has 0 N–H and O–H groups in total. The molecule has 160 valence electrons. The topological polar surface area (TPSA) is 3.01 Å². The molecule has 0 bridgehead atoms. The molecule has 0 saturated carbocycles. The first-order valence-electron chi connectivity index (χ1n) is 11.4. The highest BCUT2D eigenvalue weighted by Gasteiger charge is 2.27. The van der Waals surface area contributed by atoms with Crippen LogP contribution in [0.3, 0.4) is 0 Å². The summed E-state index contributed by atoms with van der Waals surface area (Å²) in [6.07, 6.45) is 4.33. The lowest BCUT2D eigenvalue weighted by Gasteiger charge is -2.28. The molecule has 1 nitrogen and oxygen atoms in total. The highest BCUT2D eigenvalue weighted by atomic mass is 15.0. The molecule has 4 aromatic carbocycles. The normalized spacial score (nSPS) is 13.3. The zero-order chi connectivity index (χ0) is 22.9. The maximum atomic E-state index is 4.35. The standard InChI is InChI=1S/C31H31N/c1-17-15-29(23(7)21(5)19(17)3)31-28-12-11-26-25(27(28)13-14-32(31)8)10-9-24-22(6)20(4)18(2)16-30(24)26/h9-16H,8H2,1-7H3. The average Bonchev–Trinajstić information content (AvgIpc) is 2.78. The monoisotopic (exact) mass is 417 g/mol. The van der Waals surface area contributed by atoms with Crippen LogP contribution in [0.25, 0.3) is 27.6 Å². The van der Waals surface area contributed by atoms with Gasteiger partial charge in [0, 0.05) is 0 Å². The van der Waals surface area contributed by atoms with Crippen LogP contribution in [0.2, 0.25) is 0 Å². The van der Waals surface area contributed by atoms with Crippen molar-refractivity contribution in [2.75, 3.05) is 0 Å². The van der Waals surface area contributed by atoms with Crippen LogP contribution in [0.5, 0.6) is 0 Å². The van der Waals surface area contributed by atoms with E-state index in [-0.39, 0.29) is 0 Å². The average molecular weight is 418 g/mol. The van der Waals surface area contributed by atoms with Gasteiger partial charge in [-0.25, -0.2) is 4.58 Å². The van der Waals surface area contributed by atoms with Gasteiger partial charge < -0.3 is 0 Å². The summed E-state index contributed by atoms with van der Waals surface area (Å²) in [5.41, 5.74) is 13.3. The second-order valence-electron chi connectivity index (χ2n) is 9.48. The van der Waals surface area contributed by atoms with Gasteiger partial charge >= 0.3 is 0 Å². The molecule has 0 amide bonds. The van der Waals surface area contributed by atoms with Crippen LogP contribution in [0.4, 0.5) is 0 Å². The Morgan fingerprint density at radius 1 is 0.594 bits per heavy atom. The van der Waals surface area contributed by atoms with E-state index in [1.54, 1.807) is 0 Å². The highest BCUT2D eigenvalue weighted by molar-refractivity contribution is 6.11. The number of hydrogen-bond donors (Lipinski definition) is 0. The molecule has 1 aliphatic rings. The molecule has 0 aromatic heterocycles. The fraction of sp³-hybridized carbons (Fsp3) is 0.226. The zero-order valence-electron chi connectivity index (χ0n) is 20.3. The second kappa shape index (κ2) is 7.10. The van der Waals surface area contributed by atoms with E-state index in [9.17, 15) is 0 Å². The predicted octanol–water partition coefficient (Wildman–Crippen LogP) is 7.78. The SMILES string of the molecule is C=[N+]1C=Cc2c(ccc3c2ccc2c(C)c(C)c(C)cc23)[C-]1c1cc(C)c(C)c(C)c1C. The molecule has 1 heteroatoms. The van der Waals surface area contributed by atoms with Crippen molar-refractivity contribution in [3.05, 3.63) is 104 Å². The minimum Gasteiger partial charge on any atom is -0.243 e. The fourth-order valence-electron chi connectivity index (χ4n) is 5.29. The predicted molar refractivity (Wildman–Crippen MR) is 139 cm³/mol. The molecular formula is C31H31N. The molecule has 0 fully saturated rings. The molecule has 5 rings (SSSR count). The number of benzene rings is 4. The van der Waals surface area contributed by atoms with Gasteiger partial charge in [-0.15, -0.1) is 0 Å². The van der Waals surface area contributed by atoms with Gasteiger partial charge in [-0.05, 0) is 103 Å². The lowest BCUT2D eigenvalue weighted by molar-refractivity contribution is -0.418. The number of nitrogens with zero attached hydrogens (tertiary/aromatic N) is 1. The lowest BCUT2D eigenvalue weighted by atomic mass is 9.83. The van der Waals surface area contributed by atoms with Gasteiger partial charge in [0.15, 0.2) is 6.04 Å². The zero-order valence-corrected chi connectivity index (χ0v) is 20.3. The summed E-state index contributed by atoms with van der Waals surface area (Å²) in [6.45, 7) is 19.9. The third-order valence-corrected chi connectivity index (χ3v) is 7.90. The van der Waals surface area contributed by atoms with Crippen molar-refractivity contribution in [2.45, 2.75) is 48.5 Å². The van der Waals surface area contributed by atoms with Crippen molar-refractivity contribution in [1.29, 1.82) is 0 Å². The molecule has 0 unspecified atom stereocenters. The van der Waals surface area contributed by atoms with Crippen molar-refractivity contribution in [2.24, 2.45) is 0 Å². The van der Waals surface area contributed by atoms with E-state index < -0.39 is 0 Å². The van der Waals surface area contributed by atoms with Crippen LogP contribution in [0, 0.1) is 54.5 Å². The van der Waals surface area contributed by atoms with Crippen molar-refractivity contribution in [3.63, 3.8) is 0 Å². The van der Waals surface area contributed by atoms with Gasteiger partial charge in [0.2, 0.25) is 0 Å². The third kappa shape index (κ3) is 2.77. The van der Waals surface area contributed by atoms with E-state index in [1.807, 2.05) is 4.58 Å². The quantitative estimate of drug-likeness (QED) is 0.169. The minimum atomic E-state index is 1.18. The minimum absolute atomic E-state index is 1.18. The van der Waals surface area contributed by atoms with E-state index in [4.69, 9.17) is 0 Å². The smallest absolute Gasteiger partial charge is 0.159 e. The van der Waals surface area contributed by atoms with Crippen LogP contribution < -0.4 is 0 Å². The van der Waals surface area contributed by atoms with Crippen molar-refractivity contribution in [1.82, 2.24) is 0 Å². The number of fused-ring (bicyclic) bond motifs is 5. The maximum absolute atomic E-state index is 4.35. The number of aryl methyl sites for hydroxylation is 3. The fourth-order valence-corrected chi connectivity index (χ4v) is 5.29. The van der Waals surface area contributed by atoms with Crippen molar-refractivity contribution in [3.8, 4) is 0 Å². The number of hydrogen-bond acceptors (Lipinski definition) is 0. The Bertz CT molecular complexity index is 1500. The molecule has 0 aliphatic carbocycles. The Hall–Kier alpha value is -3.32. The molecule has 4 aromatic rings. The Balaban J connectivity index is 1.82. The van der Waals surface area contributed by atoms with Gasteiger partial charge in [0.05, 0.1) is 6.72 Å². The van der Waals surface area contributed by atoms with Crippen LogP contribution in [0.15, 0.2) is 42.6 Å². The molecule has 0 spiro atoms. The van der Waals surface area contributed by atoms with Crippen LogP contribution in [0.1, 0.15) is 55.6 Å². The van der Waals surface area contributed by atoms with Crippen LogP contribution in [-0.2, 0) is 0 Å². The van der Waals surface area contributed by atoms with Gasteiger partial charge in [-0.3, -0.25) is 0 Å². The summed E-state index contributed by atoms with van der Waals surface area (Å²) in [4.78, 5) is 0. The Kier molecular flexibility index (Phi) is 4.57. The van der Waals surface area contributed by atoms with Crippen LogP contribution >= 0.6 is 0 Å². The summed E-state index contributed by atoms with van der Waals surface area (Å²) < 4.78 is 2.03. The molecule has 1 heterocycles. The first kappa shape index (κ1) is 20.6. The maximum Gasteiger partial charge on any atom is 0.159 e. The largest absolute Gasteiger partial charge is 0.243 e. The molecule has 1 aliphatic heterocycles. The summed E-state index contributed by atoms with van der Waals surface area (Å²) in [5, 5.41) is 5.32. The first-order chi connectivity index (χ1) is 15.2. The second-order valence-corrected chi connectivity index (χ2v) is 9.48. The Morgan fingerprint density at radius 3 is 1.97 bits per heavy atom. The molecule has 0 radical (unpaired) electrons. The summed E-state index contributed by atoms with van der Waals surface area (Å²) in [7, 11) is 0. The molecule has 0 atom stereocenters. The lowest BCUT2D eigenvalue weighted by Crippen LogP contribution is -2.21. The van der Waals surface area contributed by atoms with Crippen molar-refractivity contribution >= 4 is 34.3 Å². The van der Waals surface area contributed by atoms with E-state index in [2.05, 4.69) is 104 Å². The summed E-state index contributed by atoms with van der Waals surface area (Å²) in [6, 6.07) is 15.1. The highest BCUT2D eigenvalue weighted by Crippen LogP contribution is 2.40. The van der Waals surface area contributed by atoms with Gasteiger partial charge in [0.25, 0.3) is 0 Å². The van der Waals surface area contributed by atoms with Gasteiger partial charge in [-0.2, -0.15) is 0 Å². The van der Waals surface area contributed by atoms with Gasteiger partial charge in [0.1, 0.15) is 6.20 Å². The summed E-state index contributed by atoms with van der Waals surface area (Å²) in [5.74, 6) is 0. The number of rotatable bonds is 1. The van der Waals surface area contributed by atoms with E-state index in [0.29, 0.717) is 0 Å². The summed E-state index contributed by atoms with van der Waals surface area (Å²) >= 11 is 0. The van der Waals surface area contributed by atoms with Gasteiger partial charge in [-0.1, -0.05) is 65.6 Å². The Morgan fingerprint density at radius 2 is 1.22 bits per heavy atom.